The second-order valence-electron chi connectivity index (χ2n) is 9.76. The topological polar surface area (TPSA) is 87.2 Å². The van der Waals surface area contributed by atoms with Crippen LogP contribution in [0, 0.1) is 5.92 Å². The third kappa shape index (κ3) is 5.95. The number of ether oxygens (including phenoxy) is 1. The van der Waals surface area contributed by atoms with Crippen LogP contribution in [0.15, 0.2) is 77.7 Å². The van der Waals surface area contributed by atoms with Gasteiger partial charge in [-0.3, -0.25) is 4.79 Å². The predicted molar refractivity (Wildman–Crippen MR) is 148 cm³/mol. The first kappa shape index (κ1) is 28.3. The molecule has 3 aromatic carbocycles. The SMILES string of the molecule is C[C@@H]1CN([C@H](C)CO)C(=O)c2ccccc2-c2ccccc2CO[C@H]1CN(C)S(=O)(=O)c1ccc(Cl)cc1. The van der Waals surface area contributed by atoms with Gasteiger partial charge in [-0.2, -0.15) is 4.31 Å². The number of sulfonamides is 1. The van der Waals surface area contributed by atoms with Crippen LogP contribution in [-0.4, -0.2) is 67.5 Å². The summed E-state index contributed by atoms with van der Waals surface area (Å²) in [5.74, 6) is -0.431. The van der Waals surface area contributed by atoms with Crippen LogP contribution in [0.3, 0.4) is 0 Å². The van der Waals surface area contributed by atoms with E-state index in [1.54, 1.807) is 30.0 Å². The summed E-state index contributed by atoms with van der Waals surface area (Å²) >= 11 is 5.95. The highest BCUT2D eigenvalue weighted by Crippen LogP contribution is 2.31. The van der Waals surface area contributed by atoms with Crippen LogP contribution in [0.1, 0.15) is 29.8 Å². The number of fused-ring (bicyclic) bond motifs is 3. The lowest BCUT2D eigenvalue weighted by molar-refractivity contribution is -0.0146. The van der Waals surface area contributed by atoms with Gasteiger partial charge in [0.15, 0.2) is 0 Å². The van der Waals surface area contributed by atoms with E-state index in [4.69, 9.17) is 16.3 Å². The fraction of sp³-hybridized carbons (Fsp3) is 0.345. The second kappa shape index (κ2) is 12.0. The van der Waals surface area contributed by atoms with E-state index in [-0.39, 0.29) is 43.0 Å². The third-order valence-electron chi connectivity index (χ3n) is 7.05. The van der Waals surface area contributed by atoms with E-state index in [9.17, 15) is 18.3 Å². The summed E-state index contributed by atoms with van der Waals surface area (Å²) in [6.07, 6.45) is -0.530. The maximum atomic E-state index is 13.9. The number of aliphatic hydroxyl groups excluding tert-OH is 1. The molecule has 1 aliphatic rings. The summed E-state index contributed by atoms with van der Waals surface area (Å²) in [4.78, 5) is 15.7. The van der Waals surface area contributed by atoms with Crippen molar-refractivity contribution in [2.75, 3.05) is 26.7 Å². The molecule has 0 saturated carbocycles. The molecular weight excluding hydrogens is 524 g/mol. The van der Waals surface area contributed by atoms with Crippen LogP contribution < -0.4 is 0 Å². The molecule has 1 aliphatic heterocycles. The molecule has 0 aromatic heterocycles. The highest BCUT2D eigenvalue weighted by Gasteiger charge is 2.32. The zero-order valence-corrected chi connectivity index (χ0v) is 23.3. The molecule has 1 amide bonds. The van der Waals surface area contributed by atoms with Gasteiger partial charge in [0.05, 0.1) is 30.3 Å². The number of amides is 1. The van der Waals surface area contributed by atoms with Crippen molar-refractivity contribution in [3.63, 3.8) is 0 Å². The van der Waals surface area contributed by atoms with Crippen molar-refractivity contribution < 1.29 is 23.1 Å². The number of hydrogen-bond donors (Lipinski definition) is 1. The van der Waals surface area contributed by atoms with E-state index >= 15 is 0 Å². The van der Waals surface area contributed by atoms with Crippen LogP contribution in [0.4, 0.5) is 0 Å². The number of benzene rings is 3. The van der Waals surface area contributed by atoms with Crippen LogP contribution in [0.5, 0.6) is 0 Å². The molecular formula is C29H33ClN2O5S. The Labute approximate surface area is 229 Å². The quantitative estimate of drug-likeness (QED) is 0.476. The zero-order chi connectivity index (χ0) is 27.4. The molecule has 38 heavy (non-hydrogen) atoms. The lowest BCUT2D eigenvalue weighted by atomic mass is 9.94. The molecule has 3 atom stereocenters. The third-order valence-corrected chi connectivity index (χ3v) is 9.14. The molecule has 1 N–H and O–H groups in total. The van der Waals surface area contributed by atoms with Gasteiger partial charge in [0, 0.05) is 36.6 Å². The van der Waals surface area contributed by atoms with Gasteiger partial charge in [-0.25, -0.2) is 8.42 Å². The first-order valence-electron chi connectivity index (χ1n) is 12.6. The highest BCUT2D eigenvalue weighted by molar-refractivity contribution is 7.89. The Bertz CT molecular complexity index is 1380. The van der Waals surface area contributed by atoms with Gasteiger partial charge in [0.25, 0.3) is 5.91 Å². The molecule has 0 saturated heterocycles. The molecule has 1 heterocycles. The summed E-state index contributed by atoms with van der Waals surface area (Å²) in [7, 11) is -2.28. The normalized spacial score (nSPS) is 19.4. The summed E-state index contributed by atoms with van der Waals surface area (Å²) in [5.41, 5.74) is 3.12. The number of carbonyl (C=O) groups excluding carboxylic acids is 1. The van der Waals surface area contributed by atoms with E-state index < -0.39 is 22.2 Å². The minimum Gasteiger partial charge on any atom is -0.394 e. The van der Waals surface area contributed by atoms with Gasteiger partial charge >= 0.3 is 0 Å². The Morgan fingerprint density at radius 2 is 1.63 bits per heavy atom. The molecule has 0 unspecified atom stereocenters. The van der Waals surface area contributed by atoms with E-state index in [0.717, 1.165) is 16.7 Å². The van der Waals surface area contributed by atoms with E-state index in [1.165, 1.54) is 23.5 Å². The van der Waals surface area contributed by atoms with Crippen molar-refractivity contribution in [2.24, 2.45) is 5.92 Å². The minimum absolute atomic E-state index is 0.0801. The minimum atomic E-state index is -3.80. The smallest absolute Gasteiger partial charge is 0.254 e. The number of halogens is 1. The first-order chi connectivity index (χ1) is 18.1. The average molecular weight is 557 g/mol. The van der Waals surface area contributed by atoms with Gasteiger partial charge < -0.3 is 14.7 Å². The molecule has 0 aliphatic carbocycles. The highest BCUT2D eigenvalue weighted by atomic mass is 35.5. The molecule has 0 radical (unpaired) electrons. The van der Waals surface area contributed by atoms with Crippen molar-refractivity contribution in [1.82, 2.24) is 9.21 Å². The molecule has 3 aromatic rings. The number of likely N-dealkylation sites (N-methyl/N-ethyl adjacent to an activating group) is 1. The van der Waals surface area contributed by atoms with Gasteiger partial charge in [0.1, 0.15) is 0 Å². The largest absolute Gasteiger partial charge is 0.394 e. The molecule has 7 nitrogen and oxygen atoms in total. The molecule has 4 rings (SSSR count). The monoisotopic (exact) mass is 556 g/mol. The Kier molecular flexibility index (Phi) is 8.90. The standard InChI is InChI=1S/C29H33ClN2O5S/c1-20-16-32(21(2)18-33)29(34)27-11-7-6-10-26(27)25-9-5-4-8-22(25)19-37-28(20)17-31(3)38(35,36)24-14-12-23(30)13-15-24/h4-15,20-21,28,33H,16-19H2,1-3H3/t20-,21-,28+/m1/s1. The Balaban J connectivity index is 1.73. The van der Waals surface area contributed by atoms with Crippen LogP contribution in [-0.2, 0) is 21.4 Å². The fourth-order valence-corrected chi connectivity index (χ4v) is 6.00. The van der Waals surface area contributed by atoms with Gasteiger partial charge in [-0.05, 0) is 53.9 Å². The molecule has 0 bridgehead atoms. The second-order valence-corrected chi connectivity index (χ2v) is 12.2. The summed E-state index contributed by atoms with van der Waals surface area (Å²) in [6.45, 7) is 4.15. The first-order valence-corrected chi connectivity index (χ1v) is 14.4. The predicted octanol–water partition coefficient (Wildman–Crippen LogP) is 4.69. The van der Waals surface area contributed by atoms with Gasteiger partial charge in [-0.1, -0.05) is 61.0 Å². The number of hydrogen-bond acceptors (Lipinski definition) is 5. The van der Waals surface area contributed by atoms with Crippen LogP contribution in [0.2, 0.25) is 5.02 Å². The number of carbonyl (C=O) groups is 1. The Morgan fingerprint density at radius 3 is 2.29 bits per heavy atom. The lowest BCUT2D eigenvalue weighted by Crippen LogP contribution is -2.47. The average Bonchev–Trinajstić information content (AvgIpc) is 2.94. The molecule has 0 fully saturated rings. The molecule has 9 heteroatoms. The Hall–Kier alpha value is -2.75. The molecule has 0 spiro atoms. The van der Waals surface area contributed by atoms with Crippen molar-refractivity contribution in [2.45, 2.75) is 37.5 Å². The molecule has 202 valence electrons. The summed E-state index contributed by atoms with van der Waals surface area (Å²) < 4.78 is 34.3. The van der Waals surface area contributed by atoms with Crippen LogP contribution >= 0.6 is 11.6 Å². The van der Waals surface area contributed by atoms with Crippen molar-refractivity contribution >= 4 is 27.5 Å². The maximum absolute atomic E-state index is 13.9. The van der Waals surface area contributed by atoms with Crippen molar-refractivity contribution in [3.05, 3.63) is 88.9 Å². The van der Waals surface area contributed by atoms with E-state index in [0.29, 0.717) is 10.6 Å². The number of rotatable bonds is 6. The van der Waals surface area contributed by atoms with Crippen LogP contribution in [0.25, 0.3) is 11.1 Å². The van der Waals surface area contributed by atoms with E-state index in [1.807, 2.05) is 49.4 Å². The number of aliphatic hydroxyl groups is 1. The lowest BCUT2D eigenvalue weighted by Gasteiger charge is -2.35. The van der Waals surface area contributed by atoms with E-state index in [2.05, 4.69) is 0 Å². The van der Waals surface area contributed by atoms with Gasteiger partial charge in [-0.15, -0.1) is 0 Å². The number of nitrogens with zero attached hydrogens (tertiary/aromatic N) is 2. The van der Waals surface area contributed by atoms with Crippen molar-refractivity contribution in [3.8, 4) is 11.1 Å². The summed E-state index contributed by atoms with van der Waals surface area (Å²) in [5, 5.41) is 10.4. The summed E-state index contributed by atoms with van der Waals surface area (Å²) in [6, 6.07) is 20.8. The van der Waals surface area contributed by atoms with Crippen molar-refractivity contribution in [1.29, 1.82) is 0 Å². The Morgan fingerprint density at radius 1 is 1.03 bits per heavy atom. The maximum Gasteiger partial charge on any atom is 0.254 e. The van der Waals surface area contributed by atoms with Gasteiger partial charge in [0.2, 0.25) is 10.0 Å². The fourth-order valence-electron chi connectivity index (χ4n) is 4.69. The zero-order valence-electron chi connectivity index (χ0n) is 21.7.